The van der Waals surface area contributed by atoms with Gasteiger partial charge in [0.2, 0.25) is 0 Å². The average molecular weight is 239 g/mol. The molecule has 0 bridgehead atoms. The van der Waals surface area contributed by atoms with Gasteiger partial charge in [-0.2, -0.15) is 0 Å². The zero-order valence-corrected chi connectivity index (χ0v) is 10.7. The maximum absolute atomic E-state index is 12.0. The van der Waals surface area contributed by atoms with Crippen LogP contribution < -0.4 is 5.32 Å². The number of amides is 1. The minimum Gasteiger partial charge on any atom is -0.346 e. The molecule has 2 aromatic rings. The molecule has 1 N–H and O–H groups in total. The van der Waals surface area contributed by atoms with Crippen LogP contribution in [0.2, 0.25) is 0 Å². The van der Waals surface area contributed by atoms with Gasteiger partial charge in [-0.25, -0.2) is 0 Å². The van der Waals surface area contributed by atoms with Crippen LogP contribution in [0.4, 0.5) is 0 Å². The number of aryl methyl sites for hydroxylation is 1. The number of hydrogen-bond donors (Lipinski definition) is 1. The lowest BCUT2D eigenvalue weighted by atomic mass is 10.0. The van der Waals surface area contributed by atoms with Gasteiger partial charge in [0.15, 0.2) is 0 Å². The van der Waals surface area contributed by atoms with Gasteiger partial charge in [-0.05, 0) is 37.1 Å². The van der Waals surface area contributed by atoms with E-state index in [1.807, 2.05) is 55.5 Å². The fraction of sp³-hybridized carbons (Fsp3) is 0.188. The number of carbonyl (C=O) groups excluding carboxylic acids is 1. The third-order valence-corrected chi connectivity index (χ3v) is 3.04. The van der Waals surface area contributed by atoms with Gasteiger partial charge >= 0.3 is 0 Å². The highest BCUT2D eigenvalue weighted by molar-refractivity contribution is 5.94. The molecule has 0 radical (unpaired) electrons. The van der Waals surface area contributed by atoms with Crippen molar-refractivity contribution < 1.29 is 4.79 Å². The van der Waals surface area contributed by atoms with Crippen LogP contribution in [0.1, 0.15) is 34.5 Å². The third-order valence-electron chi connectivity index (χ3n) is 3.04. The van der Waals surface area contributed by atoms with Crippen molar-refractivity contribution in [3.05, 3.63) is 71.3 Å². The summed E-state index contributed by atoms with van der Waals surface area (Å²) in [5.74, 6) is -0.0358. The number of rotatable bonds is 3. The molecule has 0 saturated carbocycles. The Labute approximate surface area is 108 Å². The second-order valence-corrected chi connectivity index (χ2v) is 4.42. The SMILES string of the molecule is Cc1ccccc1C(C)NC(=O)c1ccccc1. The number of carbonyl (C=O) groups is 1. The Morgan fingerprint density at radius 1 is 1.00 bits per heavy atom. The highest BCUT2D eigenvalue weighted by Crippen LogP contribution is 2.17. The predicted molar refractivity (Wildman–Crippen MR) is 73.5 cm³/mol. The molecule has 0 aliphatic rings. The van der Waals surface area contributed by atoms with Crippen LogP contribution >= 0.6 is 0 Å². The molecule has 1 amide bonds. The highest BCUT2D eigenvalue weighted by atomic mass is 16.1. The van der Waals surface area contributed by atoms with Crippen LogP contribution in [-0.2, 0) is 0 Å². The van der Waals surface area contributed by atoms with E-state index >= 15 is 0 Å². The molecule has 18 heavy (non-hydrogen) atoms. The van der Waals surface area contributed by atoms with Crippen molar-refractivity contribution in [3.63, 3.8) is 0 Å². The Bertz CT molecular complexity index is 534. The molecule has 0 saturated heterocycles. The lowest BCUT2D eigenvalue weighted by Crippen LogP contribution is -2.26. The smallest absolute Gasteiger partial charge is 0.251 e. The van der Waals surface area contributed by atoms with Gasteiger partial charge in [-0.15, -0.1) is 0 Å². The second-order valence-electron chi connectivity index (χ2n) is 4.42. The minimum absolute atomic E-state index is 0.0129. The summed E-state index contributed by atoms with van der Waals surface area (Å²) in [7, 11) is 0. The van der Waals surface area contributed by atoms with E-state index in [1.165, 1.54) is 5.56 Å². The van der Waals surface area contributed by atoms with Gasteiger partial charge in [0, 0.05) is 5.56 Å². The molecule has 2 nitrogen and oxygen atoms in total. The summed E-state index contributed by atoms with van der Waals surface area (Å²) in [6, 6.07) is 17.4. The summed E-state index contributed by atoms with van der Waals surface area (Å²) in [5, 5.41) is 3.01. The molecule has 1 unspecified atom stereocenters. The topological polar surface area (TPSA) is 29.1 Å². The van der Waals surface area contributed by atoms with Crippen molar-refractivity contribution in [1.82, 2.24) is 5.32 Å². The van der Waals surface area contributed by atoms with Gasteiger partial charge < -0.3 is 5.32 Å². The first-order chi connectivity index (χ1) is 8.68. The van der Waals surface area contributed by atoms with Crippen LogP contribution in [0, 0.1) is 6.92 Å². The maximum atomic E-state index is 12.0. The molecule has 2 heteroatoms. The number of hydrogen-bond acceptors (Lipinski definition) is 1. The molecule has 0 heterocycles. The molecule has 1 atom stereocenters. The molecule has 0 aromatic heterocycles. The summed E-state index contributed by atoms with van der Waals surface area (Å²) in [4.78, 5) is 12.0. The van der Waals surface area contributed by atoms with Gasteiger partial charge in [0.25, 0.3) is 5.91 Å². The quantitative estimate of drug-likeness (QED) is 0.872. The van der Waals surface area contributed by atoms with Crippen LogP contribution in [-0.4, -0.2) is 5.91 Å². The van der Waals surface area contributed by atoms with Crippen LogP contribution in [0.25, 0.3) is 0 Å². The minimum atomic E-state index is -0.0358. The first-order valence-electron chi connectivity index (χ1n) is 6.10. The van der Waals surface area contributed by atoms with Crippen LogP contribution in [0.15, 0.2) is 54.6 Å². The highest BCUT2D eigenvalue weighted by Gasteiger charge is 2.12. The molecule has 2 aromatic carbocycles. The lowest BCUT2D eigenvalue weighted by molar-refractivity contribution is 0.0940. The van der Waals surface area contributed by atoms with Gasteiger partial charge in [-0.1, -0.05) is 42.5 Å². The Morgan fingerprint density at radius 2 is 1.61 bits per heavy atom. The molecule has 92 valence electrons. The van der Waals surface area contributed by atoms with Crippen molar-refractivity contribution in [3.8, 4) is 0 Å². The van der Waals surface area contributed by atoms with E-state index in [1.54, 1.807) is 0 Å². The lowest BCUT2D eigenvalue weighted by Gasteiger charge is -2.16. The van der Waals surface area contributed by atoms with E-state index in [9.17, 15) is 4.79 Å². The standard InChI is InChI=1S/C16H17NO/c1-12-8-6-7-11-15(12)13(2)17-16(18)14-9-4-3-5-10-14/h3-11,13H,1-2H3,(H,17,18). The Balaban J connectivity index is 2.11. The predicted octanol–water partition coefficient (Wildman–Crippen LogP) is 3.49. The zero-order valence-electron chi connectivity index (χ0n) is 10.7. The second kappa shape index (κ2) is 5.50. The van der Waals surface area contributed by atoms with E-state index in [-0.39, 0.29) is 11.9 Å². The van der Waals surface area contributed by atoms with E-state index < -0.39 is 0 Å². The molecule has 0 spiro atoms. The summed E-state index contributed by atoms with van der Waals surface area (Å²) in [6.45, 7) is 4.06. The maximum Gasteiger partial charge on any atom is 0.251 e. The van der Waals surface area contributed by atoms with E-state index in [0.29, 0.717) is 5.56 Å². The molecule has 0 fully saturated rings. The van der Waals surface area contributed by atoms with Crippen LogP contribution in [0.3, 0.4) is 0 Å². The fourth-order valence-corrected chi connectivity index (χ4v) is 2.02. The molecular formula is C16H17NO. The first kappa shape index (κ1) is 12.4. The van der Waals surface area contributed by atoms with E-state index in [4.69, 9.17) is 0 Å². The van der Waals surface area contributed by atoms with Crippen molar-refractivity contribution >= 4 is 5.91 Å². The molecule has 2 rings (SSSR count). The molecular weight excluding hydrogens is 222 g/mol. The van der Waals surface area contributed by atoms with Crippen molar-refractivity contribution in [2.45, 2.75) is 19.9 Å². The third kappa shape index (κ3) is 2.77. The summed E-state index contributed by atoms with van der Waals surface area (Å²) < 4.78 is 0. The molecule has 0 aliphatic heterocycles. The first-order valence-corrected chi connectivity index (χ1v) is 6.10. The average Bonchev–Trinajstić information content (AvgIpc) is 2.40. The Kier molecular flexibility index (Phi) is 3.78. The normalized spacial score (nSPS) is 11.9. The summed E-state index contributed by atoms with van der Waals surface area (Å²) >= 11 is 0. The van der Waals surface area contributed by atoms with Crippen molar-refractivity contribution in [2.75, 3.05) is 0 Å². The Morgan fingerprint density at radius 3 is 2.28 bits per heavy atom. The van der Waals surface area contributed by atoms with Gasteiger partial charge in [0.1, 0.15) is 0 Å². The number of nitrogens with one attached hydrogen (secondary N) is 1. The van der Waals surface area contributed by atoms with E-state index in [0.717, 1.165) is 5.56 Å². The zero-order chi connectivity index (χ0) is 13.0. The fourth-order valence-electron chi connectivity index (χ4n) is 2.02. The molecule has 0 aliphatic carbocycles. The van der Waals surface area contributed by atoms with Gasteiger partial charge in [-0.3, -0.25) is 4.79 Å². The van der Waals surface area contributed by atoms with Crippen molar-refractivity contribution in [2.24, 2.45) is 0 Å². The largest absolute Gasteiger partial charge is 0.346 e. The van der Waals surface area contributed by atoms with Crippen LogP contribution in [0.5, 0.6) is 0 Å². The van der Waals surface area contributed by atoms with Gasteiger partial charge in [0.05, 0.1) is 6.04 Å². The van der Waals surface area contributed by atoms with E-state index in [2.05, 4.69) is 18.3 Å². The summed E-state index contributed by atoms with van der Waals surface area (Å²) in [6.07, 6.45) is 0. The summed E-state index contributed by atoms with van der Waals surface area (Å²) in [5.41, 5.74) is 3.04. The number of benzene rings is 2. The van der Waals surface area contributed by atoms with Crippen molar-refractivity contribution in [1.29, 1.82) is 0 Å². The Hall–Kier alpha value is -2.09. The monoisotopic (exact) mass is 239 g/mol.